The Bertz CT molecular complexity index is 588. The highest BCUT2D eigenvalue weighted by Crippen LogP contribution is 2.25. The standard InChI is InChI=1S/C18H22ClN3/c19-18-13-20-11-9-15(18)14-22-12-4-2-6-17(22)8-7-16-5-1-3-10-21-16/h1,3,5,9-11,13,17H,2,4,6-8,12,14H2. The average Bonchev–Trinajstić information content (AvgIpc) is 2.57. The van der Waals surface area contributed by atoms with Crippen LogP contribution >= 0.6 is 11.6 Å². The maximum absolute atomic E-state index is 6.26. The van der Waals surface area contributed by atoms with Crippen LogP contribution in [0.2, 0.25) is 5.02 Å². The number of aryl methyl sites for hydroxylation is 1. The van der Waals surface area contributed by atoms with E-state index in [4.69, 9.17) is 11.6 Å². The number of pyridine rings is 2. The number of rotatable bonds is 5. The van der Waals surface area contributed by atoms with Gasteiger partial charge in [0, 0.05) is 36.9 Å². The number of aromatic nitrogens is 2. The molecule has 4 heteroatoms. The van der Waals surface area contributed by atoms with Crippen LogP contribution in [-0.2, 0) is 13.0 Å². The van der Waals surface area contributed by atoms with Crippen molar-refractivity contribution in [3.63, 3.8) is 0 Å². The number of halogens is 1. The maximum atomic E-state index is 6.26. The van der Waals surface area contributed by atoms with Gasteiger partial charge in [-0.1, -0.05) is 24.1 Å². The third-order valence-electron chi connectivity index (χ3n) is 4.44. The minimum atomic E-state index is 0.625. The molecule has 0 amide bonds. The minimum Gasteiger partial charge on any atom is -0.296 e. The van der Waals surface area contributed by atoms with Crippen molar-refractivity contribution in [2.75, 3.05) is 6.54 Å². The van der Waals surface area contributed by atoms with E-state index in [1.165, 1.54) is 36.9 Å². The molecule has 1 aliphatic rings. The SMILES string of the molecule is Clc1cnccc1CN1CCCCC1CCc1ccccn1. The molecule has 116 valence electrons. The van der Waals surface area contributed by atoms with E-state index in [-0.39, 0.29) is 0 Å². The van der Waals surface area contributed by atoms with Gasteiger partial charge in [-0.25, -0.2) is 0 Å². The molecule has 3 heterocycles. The summed E-state index contributed by atoms with van der Waals surface area (Å²) < 4.78 is 0. The second-order valence-corrected chi connectivity index (χ2v) is 6.35. The molecule has 1 saturated heterocycles. The predicted octanol–water partition coefficient (Wildman–Crippen LogP) is 4.12. The fourth-order valence-corrected chi connectivity index (χ4v) is 3.39. The molecule has 1 atom stereocenters. The molecule has 0 saturated carbocycles. The van der Waals surface area contributed by atoms with E-state index >= 15 is 0 Å². The summed E-state index contributed by atoms with van der Waals surface area (Å²) in [7, 11) is 0. The van der Waals surface area contributed by atoms with Crippen molar-refractivity contribution in [3.05, 3.63) is 59.1 Å². The van der Waals surface area contributed by atoms with Crippen molar-refractivity contribution >= 4 is 11.6 Å². The van der Waals surface area contributed by atoms with Gasteiger partial charge in [0.05, 0.1) is 5.02 Å². The molecule has 1 fully saturated rings. The topological polar surface area (TPSA) is 29.0 Å². The minimum absolute atomic E-state index is 0.625. The maximum Gasteiger partial charge on any atom is 0.0634 e. The highest BCUT2D eigenvalue weighted by atomic mass is 35.5. The van der Waals surface area contributed by atoms with Crippen molar-refractivity contribution in [1.82, 2.24) is 14.9 Å². The fourth-order valence-electron chi connectivity index (χ4n) is 3.21. The van der Waals surface area contributed by atoms with Crippen LogP contribution < -0.4 is 0 Å². The molecule has 3 nitrogen and oxygen atoms in total. The second-order valence-electron chi connectivity index (χ2n) is 5.95. The van der Waals surface area contributed by atoms with Gasteiger partial charge >= 0.3 is 0 Å². The first-order valence-electron chi connectivity index (χ1n) is 8.05. The van der Waals surface area contributed by atoms with Crippen LogP contribution in [0.5, 0.6) is 0 Å². The summed E-state index contributed by atoms with van der Waals surface area (Å²) in [5, 5.41) is 0.775. The van der Waals surface area contributed by atoms with Gasteiger partial charge in [0.1, 0.15) is 0 Å². The Kier molecular flexibility index (Phi) is 5.41. The van der Waals surface area contributed by atoms with Gasteiger partial charge < -0.3 is 0 Å². The van der Waals surface area contributed by atoms with Crippen molar-refractivity contribution in [2.45, 2.75) is 44.7 Å². The van der Waals surface area contributed by atoms with E-state index in [1.54, 1.807) is 6.20 Å². The molecular formula is C18H22ClN3. The van der Waals surface area contributed by atoms with Gasteiger partial charge in [-0.05, 0) is 56.0 Å². The average molecular weight is 316 g/mol. The summed E-state index contributed by atoms with van der Waals surface area (Å²) in [5.41, 5.74) is 2.37. The van der Waals surface area contributed by atoms with E-state index in [1.807, 2.05) is 24.5 Å². The van der Waals surface area contributed by atoms with Crippen molar-refractivity contribution in [1.29, 1.82) is 0 Å². The first kappa shape index (κ1) is 15.4. The third kappa shape index (κ3) is 4.05. The van der Waals surface area contributed by atoms with Crippen molar-refractivity contribution in [2.24, 2.45) is 0 Å². The molecule has 0 spiro atoms. The molecule has 0 N–H and O–H groups in total. The molecule has 0 aliphatic carbocycles. The molecule has 0 radical (unpaired) electrons. The lowest BCUT2D eigenvalue weighted by Crippen LogP contribution is -2.39. The number of piperidine rings is 1. The number of likely N-dealkylation sites (tertiary alicyclic amines) is 1. The van der Waals surface area contributed by atoms with Crippen LogP contribution in [0.4, 0.5) is 0 Å². The van der Waals surface area contributed by atoms with E-state index in [9.17, 15) is 0 Å². The lowest BCUT2D eigenvalue weighted by atomic mass is 9.96. The van der Waals surface area contributed by atoms with Crippen LogP contribution in [0.15, 0.2) is 42.9 Å². The molecule has 2 aromatic rings. The molecule has 22 heavy (non-hydrogen) atoms. The number of nitrogens with zero attached hydrogens (tertiary/aromatic N) is 3. The Labute approximate surface area is 137 Å². The zero-order chi connectivity index (χ0) is 15.2. The highest BCUT2D eigenvalue weighted by Gasteiger charge is 2.22. The quantitative estimate of drug-likeness (QED) is 0.831. The molecule has 0 aromatic carbocycles. The Morgan fingerprint density at radius 2 is 2.14 bits per heavy atom. The fraction of sp³-hybridized carbons (Fsp3) is 0.444. The molecule has 0 bridgehead atoms. The van der Waals surface area contributed by atoms with Gasteiger partial charge in [0.25, 0.3) is 0 Å². The number of hydrogen-bond acceptors (Lipinski definition) is 3. The highest BCUT2D eigenvalue weighted by molar-refractivity contribution is 6.31. The summed E-state index contributed by atoms with van der Waals surface area (Å²) in [6.07, 6.45) is 11.5. The summed E-state index contributed by atoms with van der Waals surface area (Å²) >= 11 is 6.26. The normalized spacial score (nSPS) is 19.2. The summed E-state index contributed by atoms with van der Waals surface area (Å²) in [6, 6.07) is 8.82. The van der Waals surface area contributed by atoms with Crippen LogP contribution in [0.1, 0.15) is 36.9 Å². The van der Waals surface area contributed by atoms with Gasteiger partial charge in [-0.15, -0.1) is 0 Å². The van der Waals surface area contributed by atoms with E-state index in [0.717, 1.165) is 24.5 Å². The zero-order valence-electron chi connectivity index (χ0n) is 12.8. The first-order chi connectivity index (χ1) is 10.8. The molecule has 2 aromatic heterocycles. The summed E-state index contributed by atoms with van der Waals surface area (Å²) in [6.45, 7) is 2.08. The van der Waals surface area contributed by atoms with Gasteiger partial charge in [0.2, 0.25) is 0 Å². The third-order valence-corrected chi connectivity index (χ3v) is 4.78. The smallest absolute Gasteiger partial charge is 0.0634 e. The van der Waals surface area contributed by atoms with Crippen LogP contribution in [0, 0.1) is 0 Å². The lowest BCUT2D eigenvalue weighted by Gasteiger charge is -2.36. The van der Waals surface area contributed by atoms with Crippen molar-refractivity contribution < 1.29 is 0 Å². The van der Waals surface area contributed by atoms with Crippen LogP contribution in [0.3, 0.4) is 0 Å². The summed E-state index contributed by atoms with van der Waals surface area (Å²) in [5.74, 6) is 0. The lowest BCUT2D eigenvalue weighted by molar-refractivity contribution is 0.132. The Hall–Kier alpha value is -1.45. The molecular weight excluding hydrogens is 294 g/mol. The first-order valence-corrected chi connectivity index (χ1v) is 8.43. The van der Waals surface area contributed by atoms with Gasteiger partial charge in [-0.3, -0.25) is 14.9 Å². The van der Waals surface area contributed by atoms with Gasteiger partial charge in [0.15, 0.2) is 0 Å². The number of hydrogen-bond donors (Lipinski definition) is 0. The predicted molar refractivity (Wildman–Crippen MR) is 89.9 cm³/mol. The largest absolute Gasteiger partial charge is 0.296 e. The molecule has 1 aliphatic heterocycles. The molecule has 3 rings (SSSR count). The Balaban J connectivity index is 1.62. The zero-order valence-corrected chi connectivity index (χ0v) is 13.5. The van der Waals surface area contributed by atoms with Gasteiger partial charge in [-0.2, -0.15) is 0 Å². The van der Waals surface area contributed by atoms with Crippen molar-refractivity contribution in [3.8, 4) is 0 Å². The van der Waals surface area contributed by atoms with E-state index in [2.05, 4.69) is 27.0 Å². The monoisotopic (exact) mass is 315 g/mol. The van der Waals surface area contributed by atoms with Crippen LogP contribution in [-0.4, -0.2) is 27.5 Å². The molecule has 1 unspecified atom stereocenters. The Morgan fingerprint density at radius 1 is 1.18 bits per heavy atom. The van der Waals surface area contributed by atoms with E-state index < -0.39 is 0 Å². The summed E-state index contributed by atoms with van der Waals surface area (Å²) in [4.78, 5) is 11.1. The van der Waals surface area contributed by atoms with E-state index in [0.29, 0.717) is 6.04 Å². The van der Waals surface area contributed by atoms with Crippen LogP contribution in [0.25, 0.3) is 0 Å². The Morgan fingerprint density at radius 3 is 2.95 bits per heavy atom. The second kappa shape index (κ2) is 7.70.